The SMILES string of the molecule is CCN(CC)c1cc(-c2cccc(C(F)(F)F)c2)nc(-c2cccnc2)n1. The van der Waals surface area contributed by atoms with Crippen LogP contribution >= 0.6 is 0 Å². The molecule has 7 heteroatoms. The number of nitrogens with zero attached hydrogens (tertiary/aromatic N) is 4. The van der Waals surface area contributed by atoms with Crippen LogP contribution in [0, 0.1) is 0 Å². The van der Waals surface area contributed by atoms with Crippen molar-refractivity contribution in [3.63, 3.8) is 0 Å². The first-order valence-corrected chi connectivity index (χ1v) is 8.64. The Labute approximate surface area is 155 Å². The van der Waals surface area contributed by atoms with Crippen molar-refractivity contribution >= 4 is 5.82 Å². The van der Waals surface area contributed by atoms with Gasteiger partial charge in [0.15, 0.2) is 5.82 Å². The van der Waals surface area contributed by atoms with Crippen molar-refractivity contribution < 1.29 is 13.2 Å². The summed E-state index contributed by atoms with van der Waals surface area (Å²) in [6, 6.07) is 10.5. The second kappa shape index (κ2) is 7.73. The number of pyridine rings is 1. The summed E-state index contributed by atoms with van der Waals surface area (Å²) in [6.07, 6.45) is -1.13. The van der Waals surface area contributed by atoms with Crippen LogP contribution in [-0.4, -0.2) is 28.0 Å². The molecule has 0 saturated carbocycles. The molecule has 0 fully saturated rings. The molecular weight excluding hydrogens is 353 g/mol. The van der Waals surface area contributed by atoms with Gasteiger partial charge in [0, 0.05) is 42.7 Å². The van der Waals surface area contributed by atoms with Crippen LogP contribution in [-0.2, 0) is 6.18 Å². The van der Waals surface area contributed by atoms with E-state index in [2.05, 4.69) is 15.0 Å². The van der Waals surface area contributed by atoms with E-state index in [1.807, 2.05) is 24.8 Å². The third-order valence-corrected chi connectivity index (χ3v) is 4.21. The van der Waals surface area contributed by atoms with Crippen LogP contribution in [0.4, 0.5) is 19.0 Å². The maximum atomic E-state index is 13.1. The van der Waals surface area contributed by atoms with Crippen molar-refractivity contribution in [1.29, 1.82) is 0 Å². The smallest absolute Gasteiger partial charge is 0.357 e. The average Bonchev–Trinajstić information content (AvgIpc) is 2.69. The predicted octanol–water partition coefficient (Wildman–Crippen LogP) is 5.07. The summed E-state index contributed by atoms with van der Waals surface area (Å²) in [5.41, 5.74) is 0.841. The van der Waals surface area contributed by atoms with Crippen LogP contribution in [0.25, 0.3) is 22.6 Å². The number of aromatic nitrogens is 3. The highest BCUT2D eigenvalue weighted by molar-refractivity contribution is 5.68. The van der Waals surface area contributed by atoms with Gasteiger partial charge in [-0.25, -0.2) is 9.97 Å². The van der Waals surface area contributed by atoms with Crippen LogP contribution in [0.15, 0.2) is 54.9 Å². The van der Waals surface area contributed by atoms with E-state index in [4.69, 9.17) is 0 Å². The zero-order chi connectivity index (χ0) is 19.4. The molecule has 0 bridgehead atoms. The number of alkyl halides is 3. The Morgan fingerprint density at radius 3 is 2.30 bits per heavy atom. The summed E-state index contributed by atoms with van der Waals surface area (Å²) in [4.78, 5) is 15.2. The Kier molecular flexibility index (Phi) is 5.39. The molecule has 0 aliphatic rings. The molecule has 1 aromatic carbocycles. The van der Waals surface area contributed by atoms with Gasteiger partial charge in [-0.2, -0.15) is 13.2 Å². The standard InChI is InChI=1S/C20H19F3N4/c1-3-27(4-2)18-12-17(14-7-5-9-16(11-14)20(21,22)23)25-19(26-18)15-8-6-10-24-13-15/h5-13H,3-4H2,1-2H3. The zero-order valence-corrected chi connectivity index (χ0v) is 15.0. The number of rotatable bonds is 5. The molecular formula is C20H19F3N4. The van der Waals surface area contributed by atoms with Gasteiger partial charge in [-0.15, -0.1) is 0 Å². The molecule has 0 amide bonds. The van der Waals surface area contributed by atoms with Crippen molar-refractivity contribution in [2.24, 2.45) is 0 Å². The van der Waals surface area contributed by atoms with Gasteiger partial charge >= 0.3 is 6.18 Å². The topological polar surface area (TPSA) is 41.9 Å². The van der Waals surface area contributed by atoms with E-state index in [1.165, 1.54) is 6.07 Å². The minimum Gasteiger partial charge on any atom is -0.357 e. The lowest BCUT2D eigenvalue weighted by Gasteiger charge is -2.21. The van der Waals surface area contributed by atoms with Gasteiger partial charge in [0.25, 0.3) is 0 Å². The lowest BCUT2D eigenvalue weighted by molar-refractivity contribution is -0.137. The summed E-state index contributed by atoms with van der Waals surface area (Å²) >= 11 is 0. The zero-order valence-electron chi connectivity index (χ0n) is 15.0. The molecule has 0 spiro atoms. The monoisotopic (exact) mass is 372 g/mol. The second-order valence-corrected chi connectivity index (χ2v) is 5.93. The molecule has 0 aliphatic heterocycles. The van der Waals surface area contributed by atoms with Crippen molar-refractivity contribution in [3.8, 4) is 22.6 Å². The number of hydrogen-bond donors (Lipinski definition) is 0. The summed E-state index contributed by atoms with van der Waals surface area (Å²) in [6.45, 7) is 5.45. The molecule has 0 aliphatic carbocycles. The number of benzene rings is 1. The molecule has 3 aromatic rings. The normalized spacial score (nSPS) is 11.4. The third-order valence-electron chi connectivity index (χ3n) is 4.21. The summed E-state index contributed by atoms with van der Waals surface area (Å²) < 4.78 is 39.3. The van der Waals surface area contributed by atoms with E-state index >= 15 is 0 Å². The maximum Gasteiger partial charge on any atom is 0.416 e. The van der Waals surface area contributed by atoms with Crippen molar-refractivity contribution in [1.82, 2.24) is 15.0 Å². The van der Waals surface area contributed by atoms with Gasteiger partial charge in [0.2, 0.25) is 0 Å². The van der Waals surface area contributed by atoms with E-state index in [1.54, 1.807) is 30.6 Å². The van der Waals surface area contributed by atoms with Crippen LogP contribution in [0.5, 0.6) is 0 Å². The second-order valence-electron chi connectivity index (χ2n) is 5.93. The van der Waals surface area contributed by atoms with Crippen molar-refractivity contribution in [3.05, 3.63) is 60.4 Å². The molecule has 2 heterocycles. The molecule has 27 heavy (non-hydrogen) atoms. The molecule has 0 N–H and O–H groups in total. The summed E-state index contributed by atoms with van der Waals surface area (Å²) in [5, 5.41) is 0. The van der Waals surface area contributed by atoms with Gasteiger partial charge < -0.3 is 4.90 Å². The van der Waals surface area contributed by atoms with Crippen LogP contribution in [0.2, 0.25) is 0 Å². The van der Waals surface area contributed by atoms with Crippen LogP contribution in [0.1, 0.15) is 19.4 Å². The predicted molar refractivity (Wildman–Crippen MR) is 99.3 cm³/mol. The Hall–Kier alpha value is -2.96. The summed E-state index contributed by atoms with van der Waals surface area (Å²) in [5.74, 6) is 1.10. The molecule has 0 atom stereocenters. The van der Waals surface area contributed by atoms with Crippen LogP contribution < -0.4 is 4.90 Å². The lowest BCUT2D eigenvalue weighted by Crippen LogP contribution is -2.23. The largest absolute Gasteiger partial charge is 0.416 e. The van der Waals surface area contributed by atoms with Crippen LogP contribution in [0.3, 0.4) is 0 Å². The Morgan fingerprint density at radius 1 is 0.926 bits per heavy atom. The Morgan fingerprint density at radius 2 is 1.67 bits per heavy atom. The molecule has 2 aromatic heterocycles. The van der Waals surface area contributed by atoms with Gasteiger partial charge in [-0.1, -0.05) is 12.1 Å². The molecule has 0 radical (unpaired) electrons. The molecule has 0 unspecified atom stereocenters. The molecule has 3 rings (SSSR count). The van der Waals surface area contributed by atoms with E-state index in [0.29, 0.717) is 28.5 Å². The van der Waals surface area contributed by atoms with E-state index in [9.17, 15) is 13.2 Å². The lowest BCUT2D eigenvalue weighted by atomic mass is 10.1. The highest BCUT2D eigenvalue weighted by Gasteiger charge is 2.30. The van der Waals surface area contributed by atoms with Gasteiger partial charge in [0.1, 0.15) is 5.82 Å². The Balaban J connectivity index is 2.16. The summed E-state index contributed by atoms with van der Waals surface area (Å²) in [7, 11) is 0. The van der Waals surface area contributed by atoms with E-state index < -0.39 is 11.7 Å². The fourth-order valence-corrected chi connectivity index (χ4v) is 2.77. The quantitative estimate of drug-likeness (QED) is 0.627. The van der Waals surface area contributed by atoms with Gasteiger partial charge in [-0.3, -0.25) is 4.98 Å². The molecule has 4 nitrogen and oxygen atoms in total. The van der Waals surface area contributed by atoms with E-state index in [0.717, 1.165) is 25.2 Å². The van der Waals surface area contributed by atoms with Crippen molar-refractivity contribution in [2.75, 3.05) is 18.0 Å². The highest BCUT2D eigenvalue weighted by atomic mass is 19.4. The average molecular weight is 372 g/mol. The molecule has 140 valence electrons. The van der Waals surface area contributed by atoms with Crippen molar-refractivity contribution in [2.45, 2.75) is 20.0 Å². The fraction of sp³-hybridized carbons (Fsp3) is 0.250. The first-order valence-electron chi connectivity index (χ1n) is 8.64. The fourth-order valence-electron chi connectivity index (χ4n) is 2.77. The minimum absolute atomic E-state index is 0.394. The van der Waals surface area contributed by atoms with Gasteiger partial charge in [0.05, 0.1) is 11.3 Å². The first kappa shape index (κ1) is 18.8. The number of halogens is 3. The first-order chi connectivity index (χ1) is 12.9. The number of anilines is 1. The number of hydrogen-bond acceptors (Lipinski definition) is 4. The highest BCUT2D eigenvalue weighted by Crippen LogP contribution is 2.33. The van der Waals surface area contributed by atoms with E-state index in [-0.39, 0.29) is 0 Å². The van der Waals surface area contributed by atoms with Gasteiger partial charge in [-0.05, 0) is 38.1 Å². The Bertz CT molecular complexity index is 907. The third kappa shape index (κ3) is 4.24. The minimum atomic E-state index is -4.41. The molecule has 0 saturated heterocycles. The maximum absolute atomic E-state index is 13.1.